The van der Waals surface area contributed by atoms with Crippen molar-refractivity contribution >= 4 is 60.1 Å². The standard InChI is InChI=1S/C28H23BrN2O6S/c1-4-37-17-8-6-15(7-9-17)24(32)22-23(16-12-18(29)25(33)20(13-16)36-3)31(27(35)26(22)34)28-30-19-10-5-14(2)11-21(19)38-28/h5-13,23,32-33H,4H2,1-3H3/b24-22+. The second-order valence-corrected chi connectivity index (χ2v) is 10.5. The lowest BCUT2D eigenvalue weighted by Crippen LogP contribution is -2.29. The Morgan fingerprint density at radius 2 is 1.87 bits per heavy atom. The Hall–Kier alpha value is -3.89. The molecule has 194 valence electrons. The Morgan fingerprint density at radius 1 is 1.13 bits per heavy atom. The summed E-state index contributed by atoms with van der Waals surface area (Å²) in [4.78, 5) is 32.9. The van der Waals surface area contributed by atoms with Crippen LogP contribution in [-0.4, -0.2) is 40.6 Å². The Balaban J connectivity index is 1.73. The van der Waals surface area contributed by atoms with Gasteiger partial charge in [0.25, 0.3) is 5.78 Å². The molecule has 4 aromatic rings. The molecule has 5 rings (SSSR count). The van der Waals surface area contributed by atoms with E-state index in [0.717, 1.165) is 10.3 Å². The number of carbonyl (C=O) groups excluding carboxylic acids is 2. The summed E-state index contributed by atoms with van der Waals surface area (Å²) >= 11 is 4.60. The number of phenolic OH excluding ortho intramolecular Hbond substituents is 1. The number of anilines is 1. The molecule has 0 bridgehead atoms. The highest BCUT2D eigenvalue weighted by atomic mass is 79.9. The molecule has 1 aromatic heterocycles. The number of ether oxygens (including phenoxy) is 2. The van der Waals surface area contributed by atoms with E-state index in [1.54, 1.807) is 30.3 Å². The quantitative estimate of drug-likeness (QED) is 0.157. The van der Waals surface area contributed by atoms with Crippen LogP contribution in [0.4, 0.5) is 5.13 Å². The van der Waals surface area contributed by atoms with E-state index in [-0.39, 0.29) is 22.8 Å². The van der Waals surface area contributed by atoms with Crippen LogP contribution in [0.15, 0.2) is 64.6 Å². The molecule has 2 N–H and O–H groups in total. The van der Waals surface area contributed by atoms with Crippen molar-refractivity contribution in [3.63, 3.8) is 0 Å². The molecule has 38 heavy (non-hydrogen) atoms. The van der Waals surface area contributed by atoms with Gasteiger partial charge in [0, 0.05) is 5.56 Å². The zero-order valence-electron chi connectivity index (χ0n) is 20.7. The third-order valence-corrected chi connectivity index (χ3v) is 7.83. The van der Waals surface area contributed by atoms with Crippen LogP contribution in [0.5, 0.6) is 17.2 Å². The van der Waals surface area contributed by atoms with Crippen LogP contribution >= 0.6 is 27.3 Å². The topological polar surface area (TPSA) is 109 Å². The number of aliphatic hydroxyl groups excluding tert-OH is 1. The molecule has 3 aromatic carbocycles. The summed E-state index contributed by atoms with van der Waals surface area (Å²) in [6.07, 6.45) is 0. The number of thiazole rings is 1. The first-order valence-electron chi connectivity index (χ1n) is 11.7. The van der Waals surface area contributed by atoms with Crippen molar-refractivity contribution in [1.82, 2.24) is 4.98 Å². The van der Waals surface area contributed by atoms with Crippen molar-refractivity contribution in [3.05, 3.63) is 81.3 Å². The molecule has 2 heterocycles. The lowest BCUT2D eigenvalue weighted by molar-refractivity contribution is -0.132. The van der Waals surface area contributed by atoms with Crippen LogP contribution in [-0.2, 0) is 9.59 Å². The molecule has 1 atom stereocenters. The summed E-state index contributed by atoms with van der Waals surface area (Å²) in [5.74, 6) is -1.38. The minimum atomic E-state index is -1.03. The number of aromatic nitrogens is 1. The van der Waals surface area contributed by atoms with Crippen molar-refractivity contribution in [1.29, 1.82) is 0 Å². The molecule has 1 aliphatic heterocycles. The zero-order chi connectivity index (χ0) is 27.1. The monoisotopic (exact) mass is 594 g/mol. The summed E-state index contributed by atoms with van der Waals surface area (Å²) in [5, 5.41) is 22.1. The van der Waals surface area contributed by atoms with Gasteiger partial charge < -0.3 is 19.7 Å². The number of amides is 1. The first kappa shape index (κ1) is 25.7. The molecule has 8 nitrogen and oxygen atoms in total. The molecule has 0 aliphatic carbocycles. The number of halogens is 1. The minimum Gasteiger partial charge on any atom is -0.507 e. The molecule has 10 heteroatoms. The van der Waals surface area contributed by atoms with Crippen LogP contribution in [0.25, 0.3) is 16.0 Å². The number of ketones is 1. The molecule has 1 saturated heterocycles. The number of phenols is 1. The largest absolute Gasteiger partial charge is 0.507 e. The van der Waals surface area contributed by atoms with Gasteiger partial charge in [-0.05, 0) is 89.4 Å². The number of hydrogen-bond acceptors (Lipinski definition) is 8. The molecule has 1 fully saturated rings. The predicted molar refractivity (Wildman–Crippen MR) is 149 cm³/mol. The lowest BCUT2D eigenvalue weighted by Gasteiger charge is -2.24. The Kier molecular flexibility index (Phi) is 6.85. The van der Waals surface area contributed by atoms with Gasteiger partial charge in [0.1, 0.15) is 11.5 Å². The third-order valence-electron chi connectivity index (χ3n) is 6.21. The Bertz CT molecular complexity index is 1610. The molecular formula is C28H23BrN2O6S. The number of Topliss-reactive ketones (excluding diaryl/α,β-unsaturated/α-hetero) is 1. The number of hydrogen-bond donors (Lipinski definition) is 2. The number of aromatic hydroxyl groups is 1. The number of methoxy groups -OCH3 is 1. The molecule has 0 saturated carbocycles. The summed E-state index contributed by atoms with van der Waals surface area (Å²) in [6, 6.07) is 14.4. The minimum absolute atomic E-state index is 0.103. The van der Waals surface area contributed by atoms with Gasteiger partial charge in [-0.2, -0.15) is 0 Å². The molecule has 0 spiro atoms. The van der Waals surface area contributed by atoms with Gasteiger partial charge in [-0.25, -0.2) is 4.98 Å². The maximum Gasteiger partial charge on any atom is 0.301 e. The van der Waals surface area contributed by atoms with E-state index in [1.165, 1.54) is 29.4 Å². The molecule has 0 radical (unpaired) electrons. The predicted octanol–water partition coefficient (Wildman–Crippen LogP) is 6.11. The number of aliphatic hydroxyl groups is 1. The SMILES string of the molecule is CCOc1ccc(/C(O)=C2\C(=O)C(=O)N(c3nc4ccc(C)cc4s3)C2c2cc(Br)c(O)c(OC)c2)cc1. The van der Waals surface area contributed by atoms with Crippen LogP contribution < -0.4 is 14.4 Å². The maximum absolute atomic E-state index is 13.5. The number of aryl methyl sites for hydroxylation is 1. The van der Waals surface area contributed by atoms with Crippen molar-refractivity contribution in [2.45, 2.75) is 19.9 Å². The van der Waals surface area contributed by atoms with Crippen molar-refractivity contribution < 1.29 is 29.3 Å². The second kappa shape index (κ2) is 10.1. The van der Waals surface area contributed by atoms with E-state index in [0.29, 0.717) is 38.6 Å². The van der Waals surface area contributed by atoms with Crippen LogP contribution in [0.1, 0.15) is 29.7 Å². The van der Waals surface area contributed by atoms with E-state index >= 15 is 0 Å². The first-order chi connectivity index (χ1) is 18.2. The fourth-order valence-electron chi connectivity index (χ4n) is 4.41. The van der Waals surface area contributed by atoms with Gasteiger partial charge in [0.15, 0.2) is 16.6 Å². The van der Waals surface area contributed by atoms with Crippen LogP contribution in [0.3, 0.4) is 0 Å². The van der Waals surface area contributed by atoms with E-state index in [1.807, 2.05) is 32.0 Å². The van der Waals surface area contributed by atoms with Gasteiger partial charge in [0.05, 0.1) is 40.0 Å². The number of benzene rings is 3. The van der Waals surface area contributed by atoms with E-state index < -0.39 is 17.7 Å². The van der Waals surface area contributed by atoms with Crippen LogP contribution in [0, 0.1) is 6.92 Å². The highest BCUT2D eigenvalue weighted by Crippen LogP contribution is 2.47. The second-order valence-electron chi connectivity index (χ2n) is 8.65. The van der Waals surface area contributed by atoms with Gasteiger partial charge in [0.2, 0.25) is 0 Å². The zero-order valence-corrected chi connectivity index (χ0v) is 23.1. The number of fused-ring (bicyclic) bond motifs is 1. The van der Waals surface area contributed by atoms with Gasteiger partial charge in [-0.15, -0.1) is 0 Å². The molecule has 1 unspecified atom stereocenters. The van der Waals surface area contributed by atoms with E-state index in [9.17, 15) is 19.8 Å². The van der Waals surface area contributed by atoms with Crippen molar-refractivity contribution in [2.75, 3.05) is 18.6 Å². The Morgan fingerprint density at radius 3 is 2.55 bits per heavy atom. The van der Waals surface area contributed by atoms with Crippen molar-refractivity contribution in [3.8, 4) is 17.2 Å². The normalized spacial score (nSPS) is 16.8. The lowest BCUT2D eigenvalue weighted by atomic mass is 9.95. The number of rotatable bonds is 6. The van der Waals surface area contributed by atoms with E-state index in [4.69, 9.17) is 9.47 Å². The highest BCUT2D eigenvalue weighted by molar-refractivity contribution is 9.10. The summed E-state index contributed by atoms with van der Waals surface area (Å²) < 4.78 is 12.0. The molecular weight excluding hydrogens is 572 g/mol. The maximum atomic E-state index is 13.5. The number of carbonyl (C=O) groups is 2. The van der Waals surface area contributed by atoms with Gasteiger partial charge in [-0.1, -0.05) is 17.4 Å². The fourth-order valence-corrected chi connectivity index (χ4v) is 5.96. The summed E-state index contributed by atoms with van der Waals surface area (Å²) in [6.45, 7) is 4.31. The first-order valence-corrected chi connectivity index (χ1v) is 13.3. The highest BCUT2D eigenvalue weighted by Gasteiger charge is 2.48. The fraction of sp³-hybridized carbons (Fsp3) is 0.179. The van der Waals surface area contributed by atoms with Gasteiger partial charge >= 0.3 is 5.91 Å². The summed E-state index contributed by atoms with van der Waals surface area (Å²) in [7, 11) is 1.40. The average molecular weight is 595 g/mol. The number of nitrogens with zero attached hydrogens (tertiary/aromatic N) is 2. The Labute approximate surface area is 230 Å². The van der Waals surface area contributed by atoms with Gasteiger partial charge in [-0.3, -0.25) is 14.5 Å². The average Bonchev–Trinajstić information content (AvgIpc) is 3.43. The van der Waals surface area contributed by atoms with E-state index in [2.05, 4.69) is 20.9 Å². The molecule has 1 aliphatic rings. The third kappa shape index (κ3) is 4.39. The smallest absolute Gasteiger partial charge is 0.301 e. The molecule has 1 amide bonds. The summed E-state index contributed by atoms with van der Waals surface area (Å²) in [5.41, 5.74) is 2.41. The van der Waals surface area contributed by atoms with Crippen molar-refractivity contribution in [2.24, 2.45) is 0 Å². The van der Waals surface area contributed by atoms with Crippen LogP contribution in [0.2, 0.25) is 0 Å².